The zero-order valence-corrected chi connectivity index (χ0v) is 25.3. The fourth-order valence-electron chi connectivity index (χ4n) is 7.73. The first-order valence-electron chi connectivity index (χ1n) is 14.7. The Morgan fingerprint density at radius 3 is 1.14 bits per heavy atom. The van der Waals surface area contributed by atoms with Crippen molar-refractivity contribution in [3.05, 3.63) is 0 Å². The van der Waals surface area contributed by atoms with Gasteiger partial charge in [0.25, 0.3) is 0 Å². The molecule has 0 saturated carbocycles. The smallest absolute Gasteiger partial charge is 0.174 e. The molecule has 0 amide bonds. The third-order valence-electron chi connectivity index (χ3n) is 12.0. The van der Waals surface area contributed by atoms with Crippen LogP contribution in [-0.4, -0.2) is 80.7 Å². The molecular formula is C29H56N2O6+2. The van der Waals surface area contributed by atoms with Crippen LogP contribution >= 0.6 is 0 Å². The van der Waals surface area contributed by atoms with Crippen LogP contribution in [0.25, 0.3) is 0 Å². The predicted molar refractivity (Wildman–Crippen MR) is 145 cm³/mol. The minimum atomic E-state index is -0.709. The quantitative estimate of drug-likeness (QED) is 0.511. The fraction of sp³-hybridized carbons (Fsp3) is 1.00. The molecule has 216 valence electrons. The van der Waals surface area contributed by atoms with Gasteiger partial charge in [-0.05, 0) is 53.4 Å². The average molecular weight is 529 g/mol. The number of nitrogens with zero attached hydrogens (tertiary/aromatic N) is 2. The monoisotopic (exact) mass is 528 g/mol. The summed E-state index contributed by atoms with van der Waals surface area (Å²) in [7, 11) is 0. The Labute approximate surface area is 224 Å². The zero-order valence-electron chi connectivity index (χ0n) is 25.3. The molecule has 0 aromatic rings. The van der Waals surface area contributed by atoms with Crippen molar-refractivity contribution in [3.8, 4) is 0 Å². The highest BCUT2D eigenvalue weighted by molar-refractivity contribution is 5.11. The first-order valence-corrected chi connectivity index (χ1v) is 14.7. The lowest BCUT2D eigenvalue weighted by Crippen LogP contribution is -2.75. The van der Waals surface area contributed by atoms with Crippen molar-refractivity contribution in [2.24, 2.45) is 17.3 Å². The van der Waals surface area contributed by atoms with Gasteiger partial charge < -0.3 is 29.4 Å². The van der Waals surface area contributed by atoms with E-state index in [2.05, 4.69) is 69.2 Å². The number of piperidine rings is 2. The van der Waals surface area contributed by atoms with Crippen molar-refractivity contribution in [3.63, 3.8) is 0 Å². The number of hydrogen-bond donors (Lipinski definition) is 0. The van der Waals surface area contributed by atoms with Gasteiger partial charge in [0.2, 0.25) is 0 Å². The molecular weight excluding hydrogens is 472 g/mol. The number of hydrogen-bond acceptors (Lipinski definition) is 6. The number of ether oxygens (including phenoxy) is 4. The molecule has 4 fully saturated rings. The van der Waals surface area contributed by atoms with Crippen molar-refractivity contribution in [2.75, 3.05) is 26.4 Å². The molecule has 3 spiro atoms. The third-order valence-corrected chi connectivity index (χ3v) is 12.0. The largest absolute Gasteiger partial charge is 0.349 e. The molecule has 0 aliphatic carbocycles. The Balaban J connectivity index is 1.53. The summed E-state index contributed by atoms with van der Waals surface area (Å²) >= 11 is 0. The van der Waals surface area contributed by atoms with Gasteiger partial charge in [-0.1, -0.05) is 51.7 Å². The van der Waals surface area contributed by atoms with Gasteiger partial charge in [-0.15, -0.1) is 0 Å². The molecule has 6 unspecified atom stereocenters. The van der Waals surface area contributed by atoms with Crippen molar-refractivity contribution in [1.82, 2.24) is 10.1 Å². The summed E-state index contributed by atoms with van der Waals surface area (Å²) in [5.74, 6) is -1.32. The summed E-state index contributed by atoms with van der Waals surface area (Å²) < 4.78 is 27.1. The Bertz CT molecular complexity index is 769. The van der Waals surface area contributed by atoms with E-state index in [4.69, 9.17) is 29.4 Å². The van der Waals surface area contributed by atoms with Crippen LogP contribution in [0.5, 0.6) is 0 Å². The van der Waals surface area contributed by atoms with Crippen LogP contribution in [0.2, 0.25) is 0 Å². The minimum absolute atomic E-state index is 0.0492. The van der Waals surface area contributed by atoms with E-state index in [1.165, 1.54) is 0 Å². The molecule has 0 aromatic carbocycles. The second-order valence-electron chi connectivity index (χ2n) is 13.9. The zero-order chi connectivity index (χ0) is 27.7. The van der Waals surface area contributed by atoms with Crippen LogP contribution in [-0.2, 0) is 18.9 Å². The maximum absolute atomic E-state index is 9.01. The van der Waals surface area contributed by atoms with Gasteiger partial charge in [-0.25, -0.2) is 0 Å². The highest BCUT2D eigenvalue weighted by Gasteiger charge is 2.68. The molecule has 0 aromatic heterocycles. The van der Waals surface area contributed by atoms with Gasteiger partial charge in [0.15, 0.2) is 11.6 Å². The van der Waals surface area contributed by atoms with Gasteiger partial charge in [0.1, 0.15) is 0 Å². The van der Waals surface area contributed by atoms with Crippen molar-refractivity contribution in [1.29, 1.82) is 0 Å². The van der Waals surface area contributed by atoms with Gasteiger partial charge in [0.05, 0.1) is 54.0 Å². The van der Waals surface area contributed by atoms with Crippen LogP contribution in [0.3, 0.4) is 0 Å². The molecule has 4 aliphatic heterocycles. The van der Waals surface area contributed by atoms with Crippen LogP contribution in [0, 0.1) is 17.3 Å². The van der Waals surface area contributed by atoms with E-state index in [-0.39, 0.29) is 39.4 Å². The van der Waals surface area contributed by atoms with E-state index in [0.717, 1.165) is 25.7 Å². The molecule has 37 heavy (non-hydrogen) atoms. The highest BCUT2D eigenvalue weighted by atomic mass is 16.7. The molecule has 4 rings (SSSR count). The van der Waals surface area contributed by atoms with Gasteiger partial charge in [-0.3, -0.25) is 0 Å². The summed E-state index contributed by atoms with van der Waals surface area (Å²) in [5, 5.41) is 21.7. The summed E-state index contributed by atoms with van der Waals surface area (Å²) in [4.78, 5) is 0. The molecule has 0 bridgehead atoms. The molecule has 0 radical (unpaired) electrons. The SMILES string of the molecule is CCC1(C)CC2(OCC3(CO2)COC2(CC(C)(CC)N([OH2+])C(C)(CC)C2C)OC3)C(C)C(C)(CC)N1[OH2+]. The van der Waals surface area contributed by atoms with Crippen molar-refractivity contribution >= 4 is 0 Å². The molecule has 4 saturated heterocycles. The lowest BCUT2D eigenvalue weighted by atomic mass is 9.66. The third kappa shape index (κ3) is 4.07. The minimum Gasteiger partial charge on any atom is -0.349 e. The first-order chi connectivity index (χ1) is 17.1. The second kappa shape index (κ2) is 9.37. The van der Waals surface area contributed by atoms with Crippen LogP contribution < -0.4 is 0 Å². The summed E-state index contributed by atoms with van der Waals surface area (Å²) in [6.45, 7) is 23.8. The van der Waals surface area contributed by atoms with Crippen LogP contribution in [0.15, 0.2) is 0 Å². The second-order valence-corrected chi connectivity index (χ2v) is 13.9. The van der Waals surface area contributed by atoms with Crippen LogP contribution in [0.1, 0.15) is 108 Å². The lowest BCUT2D eigenvalue weighted by molar-refractivity contribution is -0.437. The van der Waals surface area contributed by atoms with E-state index < -0.39 is 11.6 Å². The fourth-order valence-corrected chi connectivity index (χ4v) is 7.73. The maximum atomic E-state index is 9.01. The topological polar surface area (TPSA) is 89.2 Å². The van der Waals surface area contributed by atoms with E-state index >= 15 is 0 Å². The van der Waals surface area contributed by atoms with Crippen molar-refractivity contribution in [2.45, 2.75) is 141 Å². The summed E-state index contributed by atoms with van der Waals surface area (Å²) in [6.07, 6.45) is 4.81. The first kappa shape index (κ1) is 29.7. The molecule has 6 atom stereocenters. The highest BCUT2D eigenvalue weighted by Crippen LogP contribution is 2.56. The van der Waals surface area contributed by atoms with Gasteiger partial charge in [0, 0.05) is 24.7 Å². The predicted octanol–water partition coefficient (Wildman–Crippen LogP) is 4.10. The molecule has 4 N–H and O–H groups in total. The standard InChI is InChI=1S/C29H54N2O6/c1-11-23(7)15-28(21(5)25(9,13-3)30(23)32)34-17-27(18-35-28)19-36-29(37-20-27)16-24(8,12-2)31(33)26(10,14-4)22(29)6/h21-22,32-33H,11-20H2,1-10H3/p+2. The number of rotatable bonds is 4. The Morgan fingerprint density at radius 1 is 0.595 bits per heavy atom. The number of hydroxylamine groups is 4. The van der Waals surface area contributed by atoms with E-state index in [1.54, 1.807) is 0 Å². The Hall–Kier alpha value is -0.320. The molecule has 4 heterocycles. The van der Waals surface area contributed by atoms with E-state index in [0.29, 0.717) is 39.3 Å². The lowest BCUT2D eigenvalue weighted by Gasteiger charge is -2.63. The average Bonchev–Trinajstić information content (AvgIpc) is 2.92. The molecule has 4 aliphatic rings. The van der Waals surface area contributed by atoms with E-state index in [1.807, 2.05) is 10.1 Å². The molecule has 8 heteroatoms. The Kier molecular flexibility index (Phi) is 7.51. The van der Waals surface area contributed by atoms with E-state index in [9.17, 15) is 0 Å². The van der Waals surface area contributed by atoms with Crippen molar-refractivity contribution < 1.29 is 29.4 Å². The summed E-state index contributed by atoms with van der Waals surface area (Å²) in [5.41, 5.74) is -1.67. The normalized spacial score (nSPS) is 53.8. The molecule has 8 nitrogen and oxygen atoms in total. The maximum Gasteiger partial charge on any atom is 0.174 e. The Morgan fingerprint density at radius 2 is 0.892 bits per heavy atom. The van der Waals surface area contributed by atoms with Gasteiger partial charge >= 0.3 is 0 Å². The van der Waals surface area contributed by atoms with Gasteiger partial charge in [-0.2, -0.15) is 0 Å². The van der Waals surface area contributed by atoms with Crippen LogP contribution in [0.4, 0.5) is 0 Å². The summed E-state index contributed by atoms with van der Waals surface area (Å²) in [6, 6.07) is 0.